The number of aliphatic imine (C=N–C) groups is 1. The molecule has 0 unspecified atom stereocenters. The van der Waals surface area contributed by atoms with Gasteiger partial charge >= 0.3 is 0 Å². The molecule has 27 heavy (non-hydrogen) atoms. The number of nitrogens with zero attached hydrogens (tertiary/aromatic N) is 2. The topological polar surface area (TPSA) is 55.3 Å². The molecule has 0 bridgehead atoms. The van der Waals surface area contributed by atoms with Crippen molar-refractivity contribution in [3.05, 3.63) is 23.8 Å². The average molecular weight is 493 g/mol. The molecule has 0 spiro atoms. The van der Waals surface area contributed by atoms with Crippen molar-refractivity contribution >= 4 is 29.9 Å². The van der Waals surface area contributed by atoms with Gasteiger partial charge in [-0.25, -0.2) is 0 Å². The summed E-state index contributed by atoms with van der Waals surface area (Å²) in [5.74, 6) is 2.97. The first-order chi connectivity index (χ1) is 12.5. The lowest BCUT2D eigenvalue weighted by Crippen LogP contribution is -2.40. The Balaban J connectivity index is 0.00000676. The van der Waals surface area contributed by atoms with Crippen molar-refractivity contribution in [1.29, 1.82) is 0 Å². The number of hydrogen-bond acceptors (Lipinski definition) is 4. The van der Waals surface area contributed by atoms with Crippen LogP contribution in [0.3, 0.4) is 0 Å². The number of hydrogen-bond donors (Lipinski definition) is 1. The summed E-state index contributed by atoms with van der Waals surface area (Å²) in [6, 6.07) is 6.04. The van der Waals surface area contributed by atoms with Crippen molar-refractivity contribution in [3.63, 3.8) is 0 Å². The zero-order chi connectivity index (χ0) is 19.4. The molecule has 6 nitrogen and oxygen atoms in total. The molecule has 1 aromatic rings. The van der Waals surface area contributed by atoms with Gasteiger partial charge in [-0.15, -0.1) is 24.0 Å². The van der Waals surface area contributed by atoms with Crippen LogP contribution in [0.1, 0.15) is 26.3 Å². The van der Waals surface area contributed by atoms with Crippen LogP contribution in [-0.2, 0) is 11.2 Å². The van der Waals surface area contributed by atoms with Gasteiger partial charge in [0.25, 0.3) is 0 Å². The van der Waals surface area contributed by atoms with Crippen LogP contribution in [0.2, 0.25) is 0 Å². The van der Waals surface area contributed by atoms with E-state index in [0.29, 0.717) is 19.1 Å². The van der Waals surface area contributed by atoms with E-state index >= 15 is 0 Å². The Bertz CT molecular complexity index is 553. The summed E-state index contributed by atoms with van der Waals surface area (Å²) in [5.41, 5.74) is 1.20. The minimum Gasteiger partial charge on any atom is -0.493 e. The number of ether oxygens (including phenoxy) is 3. The second-order valence-corrected chi connectivity index (χ2v) is 6.57. The van der Waals surface area contributed by atoms with E-state index in [9.17, 15) is 0 Å². The van der Waals surface area contributed by atoms with Gasteiger partial charge in [-0.1, -0.05) is 19.9 Å². The van der Waals surface area contributed by atoms with Gasteiger partial charge in [0.15, 0.2) is 17.5 Å². The Morgan fingerprint density at radius 2 is 1.89 bits per heavy atom. The molecule has 1 rings (SSSR count). The van der Waals surface area contributed by atoms with Crippen LogP contribution < -0.4 is 14.8 Å². The third-order valence-electron chi connectivity index (χ3n) is 3.83. The molecule has 156 valence electrons. The summed E-state index contributed by atoms with van der Waals surface area (Å²) in [7, 11) is 5.36. The highest BCUT2D eigenvalue weighted by Crippen LogP contribution is 2.27. The van der Waals surface area contributed by atoms with Gasteiger partial charge in [0.2, 0.25) is 0 Å². The summed E-state index contributed by atoms with van der Waals surface area (Å²) in [6.07, 6.45) is 0.894. The largest absolute Gasteiger partial charge is 0.493 e. The fourth-order valence-corrected chi connectivity index (χ4v) is 2.44. The van der Waals surface area contributed by atoms with E-state index in [-0.39, 0.29) is 24.0 Å². The zero-order valence-corrected chi connectivity index (χ0v) is 19.9. The highest BCUT2D eigenvalue weighted by Gasteiger charge is 2.08. The number of rotatable bonds is 11. The Morgan fingerprint density at radius 1 is 1.19 bits per heavy atom. The molecule has 7 heteroatoms. The van der Waals surface area contributed by atoms with Crippen LogP contribution >= 0.6 is 24.0 Å². The van der Waals surface area contributed by atoms with Gasteiger partial charge in [0.05, 0.1) is 27.4 Å². The number of nitrogens with one attached hydrogen (secondary N) is 1. The van der Waals surface area contributed by atoms with E-state index in [1.807, 2.05) is 12.1 Å². The molecule has 0 aliphatic carbocycles. The molecular weight excluding hydrogens is 457 g/mol. The van der Waals surface area contributed by atoms with Crippen molar-refractivity contribution in [2.75, 3.05) is 54.1 Å². The molecule has 1 aromatic carbocycles. The first kappa shape index (κ1) is 25.8. The van der Waals surface area contributed by atoms with Gasteiger partial charge in [-0.2, -0.15) is 0 Å². The second kappa shape index (κ2) is 14.8. The molecule has 0 amide bonds. The molecule has 0 aliphatic rings. The Kier molecular flexibility index (Phi) is 14.1. The first-order valence-corrected chi connectivity index (χ1v) is 9.29. The standard InChI is InChI=1S/C20H35N3O3.HI/c1-7-21-20(22-11-13-26-15-16(2)3)23(4)12-10-17-8-9-18(24-5)19(14-17)25-6;/h8-9,14,16H,7,10-13,15H2,1-6H3,(H,21,22);1H. The lowest BCUT2D eigenvalue weighted by Gasteiger charge is -2.22. The van der Waals surface area contributed by atoms with Crippen LogP contribution in [0.15, 0.2) is 23.2 Å². The first-order valence-electron chi connectivity index (χ1n) is 9.29. The van der Waals surface area contributed by atoms with E-state index in [1.165, 1.54) is 5.56 Å². The molecule has 1 N–H and O–H groups in total. The van der Waals surface area contributed by atoms with Crippen molar-refractivity contribution in [3.8, 4) is 11.5 Å². The van der Waals surface area contributed by atoms with Crippen LogP contribution in [0.5, 0.6) is 11.5 Å². The maximum Gasteiger partial charge on any atom is 0.193 e. The van der Waals surface area contributed by atoms with E-state index in [0.717, 1.165) is 43.6 Å². The highest BCUT2D eigenvalue weighted by atomic mass is 127. The molecule has 0 aliphatic heterocycles. The fourth-order valence-electron chi connectivity index (χ4n) is 2.44. The Hall–Kier alpha value is -1.22. The van der Waals surface area contributed by atoms with E-state index < -0.39 is 0 Å². The quantitative estimate of drug-likeness (QED) is 0.222. The third-order valence-corrected chi connectivity index (χ3v) is 3.83. The lowest BCUT2D eigenvalue weighted by molar-refractivity contribution is 0.116. The molecule has 0 atom stereocenters. The number of halogens is 1. The molecular formula is C20H36IN3O3. The highest BCUT2D eigenvalue weighted by molar-refractivity contribution is 14.0. The van der Waals surface area contributed by atoms with Gasteiger partial charge in [0.1, 0.15) is 0 Å². The molecule has 0 saturated carbocycles. The molecule has 0 heterocycles. The van der Waals surface area contributed by atoms with Gasteiger partial charge in [0, 0.05) is 26.7 Å². The molecule has 0 aromatic heterocycles. The minimum absolute atomic E-state index is 0. The molecule has 0 saturated heterocycles. The summed E-state index contributed by atoms with van der Waals surface area (Å²) >= 11 is 0. The lowest BCUT2D eigenvalue weighted by atomic mass is 10.1. The maximum atomic E-state index is 5.60. The number of guanidine groups is 1. The normalized spacial score (nSPS) is 11.1. The average Bonchev–Trinajstić information content (AvgIpc) is 2.64. The zero-order valence-electron chi connectivity index (χ0n) is 17.6. The van der Waals surface area contributed by atoms with Gasteiger partial charge in [-0.3, -0.25) is 4.99 Å². The molecule has 0 radical (unpaired) electrons. The smallest absolute Gasteiger partial charge is 0.193 e. The third kappa shape index (κ3) is 10.0. The monoisotopic (exact) mass is 493 g/mol. The fraction of sp³-hybridized carbons (Fsp3) is 0.650. The van der Waals surface area contributed by atoms with Crippen LogP contribution in [-0.4, -0.2) is 65.0 Å². The van der Waals surface area contributed by atoms with Crippen molar-refractivity contribution in [2.24, 2.45) is 10.9 Å². The van der Waals surface area contributed by atoms with Gasteiger partial charge in [-0.05, 0) is 37.0 Å². The molecule has 0 fully saturated rings. The predicted octanol–water partition coefficient (Wildman–Crippen LogP) is 3.43. The Morgan fingerprint density at radius 3 is 2.48 bits per heavy atom. The van der Waals surface area contributed by atoms with Crippen molar-refractivity contribution < 1.29 is 14.2 Å². The van der Waals surface area contributed by atoms with Gasteiger partial charge < -0.3 is 24.4 Å². The second-order valence-electron chi connectivity index (χ2n) is 6.57. The predicted molar refractivity (Wildman–Crippen MR) is 123 cm³/mol. The number of likely N-dealkylation sites (N-methyl/N-ethyl adjacent to an activating group) is 1. The van der Waals surface area contributed by atoms with E-state index in [1.54, 1.807) is 14.2 Å². The summed E-state index contributed by atoms with van der Waals surface area (Å²) in [5, 5.41) is 3.33. The van der Waals surface area contributed by atoms with E-state index in [2.05, 4.69) is 49.1 Å². The van der Waals surface area contributed by atoms with Crippen LogP contribution in [0.25, 0.3) is 0 Å². The van der Waals surface area contributed by atoms with E-state index in [4.69, 9.17) is 14.2 Å². The van der Waals surface area contributed by atoms with Crippen LogP contribution in [0.4, 0.5) is 0 Å². The number of methoxy groups -OCH3 is 2. The van der Waals surface area contributed by atoms with Crippen LogP contribution in [0, 0.1) is 5.92 Å². The summed E-state index contributed by atoms with van der Waals surface area (Å²) in [4.78, 5) is 6.79. The maximum absolute atomic E-state index is 5.60. The number of benzene rings is 1. The van der Waals surface area contributed by atoms with Crippen molar-refractivity contribution in [2.45, 2.75) is 27.2 Å². The summed E-state index contributed by atoms with van der Waals surface area (Å²) < 4.78 is 16.3. The minimum atomic E-state index is 0. The SMILES string of the molecule is CCNC(=NCCOCC(C)C)N(C)CCc1ccc(OC)c(OC)c1.I. The summed E-state index contributed by atoms with van der Waals surface area (Å²) in [6.45, 7) is 10.2. The van der Waals surface area contributed by atoms with Crippen molar-refractivity contribution in [1.82, 2.24) is 10.2 Å². The Labute approximate surface area is 181 Å².